The minimum absolute atomic E-state index is 0.0216. The minimum atomic E-state index is -5.34. The molecule has 0 aromatic rings. The Labute approximate surface area is 124 Å². The highest BCUT2D eigenvalue weighted by Gasteiger charge is 2.45. The van der Waals surface area contributed by atoms with Crippen molar-refractivity contribution in [3.05, 3.63) is 10.1 Å². The Morgan fingerprint density at radius 3 is 1.86 bits per heavy atom. The molecule has 0 saturated heterocycles. The normalized spacial score (nSPS) is 12.5. The van der Waals surface area contributed by atoms with Crippen LogP contribution in [0.15, 0.2) is 0 Å². The fourth-order valence-electron chi connectivity index (χ4n) is 1.01. The minimum Gasteiger partial charge on any atom is -0.378 e. The number of hydrogen-bond donors (Lipinski definition) is 1. The first kappa shape index (κ1) is 21.0. The molecule has 0 aromatic carbocycles. The fourth-order valence-corrected chi connectivity index (χ4v) is 1.53. The molecule has 0 radical (unpaired) electrons. The smallest absolute Gasteiger partial charge is 0.378 e. The summed E-state index contributed by atoms with van der Waals surface area (Å²) in [6, 6.07) is 0. The van der Waals surface area contributed by atoms with E-state index < -0.39 is 27.0 Å². The van der Waals surface area contributed by atoms with Gasteiger partial charge in [0.05, 0.1) is 33.0 Å². The molecule has 0 aliphatic carbocycles. The second kappa shape index (κ2) is 10.7. The maximum Gasteiger partial charge on any atom is 0.511 e. The third-order valence-corrected chi connectivity index (χ3v) is 3.20. The highest BCUT2D eigenvalue weighted by atomic mass is 32.2. The zero-order chi connectivity index (χ0) is 17.1. The van der Waals surface area contributed by atoms with Gasteiger partial charge in [0.1, 0.15) is 6.61 Å². The first-order valence-electron chi connectivity index (χ1n) is 6.08. The number of hydrogen-bond acceptors (Lipinski definition) is 7. The topological polar surface area (TPSA) is 117 Å². The molecule has 0 amide bonds. The summed E-state index contributed by atoms with van der Waals surface area (Å²) in [5, 5.41) is 9.95. The Morgan fingerprint density at radius 1 is 0.955 bits per heavy atom. The Hall–Kier alpha value is -1.02. The number of alkyl halides is 3. The van der Waals surface area contributed by atoms with Crippen LogP contribution in [-0.2, 0) is 24.2 Å². The average Bonchev–Trinajstić information content (AvgIpc) is 2.38. The first-order chi connectivity index (χ1) is 10.2. The van der Waals surface area contributed by atoms with Gasteiger partial charge in [0, 0.05) is 11.5 Å². The maximum atomic E-state index is 11.9. The second-order valence-electron chi connectivity index (χ2n) is 3.74. The number of ether oxygens (including phenoxy) is 3. The lowest BCUT2D eigenvalue weighted by Gasteiger charge is -2.09. The van der Waals surface area contributed by atoms with Crippen molar-refractivity contribution in [1.29, 1.82) is 0 Å². The molecule has 0 unspecified atom stereocenters. The average molecular weight is 354 g/mol. The molecular weight excluding hydrogens is 337 g/mol. The van der Waals surface area contributed by atoms with E-state index in [1.165, 1.54) is 4.72 Å². The highest BCUT2D eigenvalue weighted by molar-refractivity contribution is 7.90. The van der Waals surface area contributed by atoms with Gasteiger partial charge in [-0.05, 0) is 0 Å². The summed E-state index contributed by atoms with van der Waals surface area (Å²) < 4.78 is 73.0. The number of sulfonamides is 1. The zero-order valence-electron chi connectivity index (χ0n) is 11.5. The van der Waals surface area contributed by atoms with Crippen LogP contribution in [0.2, 0.25) is 0 Å². The van der Waals surface area contributed by atoms with Gasteiger partial charge in [-0.25, -0.2) is 13.1 Å². The van der Waals surface area contributed by atoms with Crippen LogP contribution in [0.5, 0.6) is 0 Å². The highest BCUT2D eigenvalue weighted by Crippen LogP contribution is 2.21. The molecular formula is C9H17F3N2O7S. The molecule has 132 valence electrons. The van der Waals surface area contributed by atoms with Gasteiger partial charge in [0.15, 0.2) is 0 Å². The van der Waals surface area contributed by atoms with Crippen molar-refractivity contribution in [2.24, 2.45) is 0 Å². The van der Waals surface area contributed by atoms with Crippen LogP contribution in [0.1, 0.15) is 0 Å². The molecule has 1 N–H and O–H groups in total. The molecule has 0 aliphatic rings. The van der Waals surface area contributed by atoms with Gasteiger partial charge < -0.3 is 14.2 Å². The molecule has 0 bridgehead atoms. The zero-order valence-corrected chi connectivity index (χ0v) is 12.3. The van der Waals surface area contributed by atoms with E-state index in [9.17, 15) is 31.7 Å². The van der Waals surface area contributed by atoms with E-state index in [2.05, 4.69) is 0 Å². The van der Waals surface area contributed by atoms with Gasteiger partial charge >= 0.3 is 15.5 Å². The largest absolute Gasteiger partial charge is 0.511 e. The van der Waals surface area contributed by atoms with Crippen LogP contribution >= 0.6 is 0 Å². The summed E-state index contributed by atoms with van der Waals surface area (Å²) in [6.07, 6.45) is 0. The predicted octanol–water partition coefficient (Wildman–Crippen LogP) is -0.248. The molecule has 0 fully saturated rings. The van der Waals surface area contributed by atoms with Crippen LogP contribution in [0.25, 0.3) is 0 Å². The van der Waals surface area contributed by atoms with Crippen molar-refractivity contribution in [2.75, 3.05) is 52.7 Å². The second-order valence-corrected chi connectivity index (χ2v) is 5.50. The molecule has 0 aromatic heterocycles. The summed E-state index contributed by atoms with van der Waals surface area (Å²) in [7, 11) is -5.34. The van der Waals surface area contributed by atoms with Crippen LogP contribution in [-0.4, -0.2) is 71.6 Å². The molecule has 13 heteroatoms. The van der Waals surface area contributed by atoms with E-state index in [1.807, 2.05) is 0 Å². The van der Waals surface area contributed by atoms with Crippen molar-refractivity contribution in [3.63, 3.8) is 0 Å². The van der Waals surface area contributed by atoms with Crippen LogP contribution < -0.4 is 4.72 Å². The quantitative estimate of drug-likeness (QED) is 0.275. The van der Waals surface area contributed by atoms with Crippen molar-refractivity contribution < 1.29 is 40.7 Å². The lowest BCUT2D eigenvalue weighted by atomic mass is 10.7. The van der Waals surface area contributed by atoms with Gasteiger partial charge in [0.2, 0.25) is 6.54 Å². The number of halogens is 3. The van der Waals surface area contributed by atoms with E-state index in [0.29, 0.717) is 0 Å². The lowest BCUT2D eigenvalue weighted by molar-refractivity contribution is -0.483. The predicted molar refractivity (Wildman–Crippen MR) is 67.3 cm³/mol. The SMILES string of the molecule is O=[N+]([O-])CCOCCOCCOCCNS(=O)(=O)C(F)(F)F. The summed E-state index contributed by atoms with van der Waals surface area (Å²) in [6.45, 7) is -0.527. The fraction of sp³-hybridized carbons (Fsp3) is 1.00. The van der Waals surface area contributed by atoms with Crippen molar-refractivity contribution in [3.8, 4) is 0 Å². The number of nitrogens with zero attached hydrogens (tertiary/aromatic N) is 1. The molecule has 9 nitrogen and oxygen atoms in total. The maximum absolute atomic E-state index is 11.9. The van der Waals surface area contributed by atoms with Crippen LogP contribution in [0.4, 0.5) is 13.2 Å². The van der Waals surface area contributed by atoms with Gasteiger partial charge in [-0.2, -0.15) is 13.2 Å². The van der Waals surface area contributed by atoms with Crippen LogP contribution in [0.3, 0.4) is 0 Å². The van der Waals surface area contributed by atoms with E-state index in [1.54, 1.807) is 0 Å². The van der Waals surface area contributed by atoms with E-state index >= 15 is 0 Å². The van der Waals surface area contributed by atoms with E-state index in [0.717, 1.165) is 0 Å². The number of nitrogens with one attached hydrogen (secondary N) is 1. The van der Waals surface area contributed by atoms with Crippen molar-refractivity contribution in [1.82, 2.24) is 4.72 Å². The van der Waals surface area contributed by atoms with Gasteiger partial charge in [-0.1, -0.05) is 0 Å². The summed E-state index contributed by atoms with van der Waals surface area (Å²) in [4.78, 5) is 9.44. The van der Waals surface area contributed by atoms with Gasteiger partial charge in [0.25, 0.3) is 0 Å². The Balaban J connectivity index is 3.36. The third kappa shape index (κ3) is 10.7. The molecule has 0 spiro atoms. The summed E-state index contributed by atoms with van der Waals surface area (Å²) in [5.74, 6) is 0. The summed E-state index contributed by atoms with van der Waals surface area (Å²) >= 11 is 0. The Bertz CT molecular complexity index is 416. The first-order valence-corrected chi connectivity index (χ1v) is 7.56. The Morgan fingerprint density at radius 2 is 1.41 bits per heavy atom. The molecule has 0 atom stereocenters. The molecule has 0 heterocycles. The molecule has 0 saturated carbocycles. The van der Waals surface area contributed by atoms with Gasteiger partial charge in [-0.3, -0.25) is 10.1 Å². The molecule has 22 heavy (non-hydrogen) atoms. The molecule has 0 rings (SSSR count). The van der Waals surface area contributed by atoms with E-state index in [4.69, 9.17) is 14.2 Å². The van der Waals surface area contributed by atoms with Crippen LogP contribution in [0, 0.1) is 10.1 Å². The van der Waals surface area contributed by atoms with Crippen molar-refractivity contribution >= 4 is 10.0 Å². The van der Waals surface area contributed by atoms with Gasteiger partial charge in [-0.15, -0.1) is 0 Å². The monoisotopic (exact) mass is 354 g/mol. The van der Waals surface area contributed by atoms with E-state index in [-0.39, 0.29) is 46.2 Å². The standard InChI is InChI=1S/C9H17F3N2O7S/c10-9(11,12)22(17,18)13-1-3-19-5-7-21-8-6-20-4-2-14(15)16/h13H,1-8H2. The molecule has 0 aliphatic heterocycles. The number of rotatable bonds is 13. The third-order valence-electron chi connectivity index (χ3n) is 2.01. The number of nitro groups is 1. The lowest BCUT2D eigenvalue weighted by Crippen LogP contribution is -2.38. The summed E-state index contributed by atoms with van der Waals surface area (Å²) in [5.41, 5.74) is -5.34. The Kier molecular flexibility index (Phi) is 10.2. The van der Waals surface area contributed by atoms with Crippen molar-refractivity contribution in [2.45, 2.75) is 5.51 Å².